The van der Waals surface area contributed by atoms with Crippen molar-refractivity contribution in [3.63, 3.8) is 0 Å². The summed E-state index contributed by atoms with van der Waals surface area (Å²) in [5, 5.41) is 3.15. The number of likely N-dealkylation sites (tertiary alicyclic amines) is 1. The monoisotopic (exact) mass is 489 g/mol. The van der Waals surface area contributed by atoms with Gasteiger partial charge >= 0.3 is 0 Å². The van der Waals surface area contributed by atoms with Gasteiger partial charge in [0.05, 0.1) is 16.1 Å². The van der Waals surface area contributed by atoms with Gasteiger partial charge in [-0.15, -0.1) is 0 Å². The van der Waals surface area contributed by atoms with Crippen molar-refractivity contribution in [3.05, 3.63) is 58.6 Å². The minimum Gasteiger partial charge on any atom is -0.339 e. The summed E-state index contributed by atoms with van der Waals surface area (Å²) in [4.78, 5) is 27.8. The predicted octanol–water partition coefficient (Wildman–Crippen LogP) is 4.39. The SMILES string of the molecule is CC1CCCCN1S(=O)(=O)c1cccc(C(=O)Nc2cc(Cl)ccc2C(=O)N2CCCC2)c1. The average Bonchev–Trinajstić information content (AvgIpc) is 3.34. The topological polar surface area (TPSA) is 86.8 Å². The van der Waals surface area contributed by atoms with Crippen LogP contribution < -0.4 is 5.32 Å². The Kier molecular flexibility index (Phi) is 7.07. The standard InChI is InChI=1S/C24H28ClN3O4S/c1-17-7-2-3-14-28(17)33(31,32)20-9-6-8-18(15-20)23(29)26-22-16-19(25)10-11-21(22)24(30)27-12-4-5-13-27/h6,8-11,15-17H,2-5,7,12-14H2,1H3,(H,26,29). The molecule has 0 radical (unpaired) electrons. The summed E-state index contributed by atoms with van der Waals surface area (Å²) in [5.41, 5.74) is 0.864. The Morgan fingerprint density at radius 2 is 1.73 bits per heavy atom. The van der Waals surface area contributed by atoms with Crippen LogP contribution in [0, 0.1) is 0 Å². The lowest BCUT2D eigenvalue weighted by atomic mass is 10.1. The Morgan fingerprint density at radius 1 is 1.00 bits per heavy atom. The molecule has 0 spiro atoms. The van der Waals surface area contributed by atoms with E-state index in [0.717, 1.165) is 32.1 Å². The molecule has 2 aromatic carbocycles. The van der Waals surface area contributed by atoms with E-state index < -0.39 is 15.9 Å². The van der Waals surface area contributed by atoms with Crippen LogP contribution in [0.25, 0.3) is 0 Å². The highest BCUT2D eigenvalue weighted by atomic mass is 35.5. The predicted molar refractivity (Wildman–Crippen MR) is 128 cm³/mol. The van der Waals surface area contributed by atoms with E-state index in [4.69, 9.17) is 11.6 Å². The fourth-order valence-electron chi connectivity index (χ4n) is 4.45. The van der Waals surface area contributed by atoms with Gasteiger partial charge in [-0.1, -0.05) is 24.1 Å². The number of piperidine rings is 1. The molecular weight excluding hydrogens is 462 g/mol. The van der Waals surface area contributed by atoms with Crippen LogP contribution in [0.2, 0.25) is 5.02 Å². The molecule has 2 saturated heterocycles. The number of anilines is 1. The lowest BCUT2D eigenvalue weighted by Gasteiger charge is -2.32. The maximum Gasteiger partial charge on any atom is 0.255 e. The molecule has 0 aromatic heterocycles. The molecule has 2 aromatic rings. The number of rotatable bonds is 5. The Morgan fingerprint density at radius 3 is 2.45 bits per heavy atom. The van der Waals surface area contributed by atoms with E-state index in [1.54, 1.807) is 35.2 Å². The Labute approximate surface area is 199 Å². The Balaban J connectivity index is 1.59. The first kappa shape index (κ1) is 23.7. The van der Waals surface area contributed by atoms with Crippen LogP contribution in [0.15, 0.2) is 47.4 Å². The molecule has 9 heteroatoms. The maximum absolute atomic E-state index is 13.2. The molecule has 2 aliphatic rings. The second-order valence-corrected chi connectivity index (χ2v) is 11.0. The molecule has 7 nitrogen and oxygen atoms in total. The number of sulfonamides is 1. The van der Waals surface area contributed by atoms with Gasteiger partial charge in [0, 0.05) is 36.3 Å². The minimum absolute atomic E-state index is 0.0770. The van der Waals surface area contributed by atoms with E-state index in [1.807, 2.05) is 6.92 Å². The van der Waals surface area contributed by atoms with Gasteiger partial charge in [0.2, 0.25) is 10.0 Å². The summed E-state index contributed by atoms with van der Waals surface area (Å²) < 4.78 is 27.9. The summed E-state index contributed by atoms with van der Waals surface area (Å²) in [5.74, 6) is -0.661. The first-order valence-electron chi connectivity index (χ1n) is 11.3. The number of hydrogen-bond acceptors (Lipinski definition) is 4. The van der Waals surface area contributed by atoms with E-state index in [9.17, 15) is 18.0 Å². The quantitative estimate of drug-likeness (QED) is 0.674. The first-order chi connectivity index (χ1) is 15.8. The molecule has 2 aliphatic heterocycles. The van der Waals surface area contributed by atoms with Crippen molar-refractivity contribution in [2.24, 2.45) is 0 Å². The van der Waals surface area contributed by atoms with Gasteiger partial charge in [0.25, 0.3) is 11.8 Å². The molecule has 1 atom stereocenters. The van der Waals surface area contributed by atoms with Gasteiger partial charge < -0.3 is 10.2 Å². The van der Waals surface area contributed by atoms with Gasteiger partial charge in [-0.3, -0.25) is 9.59 Å². The summed E-state index contributed by atoms with van der Waals surface area (Å²) >= 11 is 6.13. The Bertz CT molecular complexity index is 1160. The third-order valence-electron chi connectivity index (χ3n) is 6.30. The number of benzene rings is 2. The molecule has 1 unspecified atom stereocenters. The molecule has 2 heterocycles. The van der Waals surface area contributed by atoms with E-state index in [2.05, 4.69) is 5.32 Å². The number of halogens is 1. The van der Waals surface area contributed by atoms with Gasteiger partial charge in [-0.05, 0) is 69.0 Å². The van der Waals surface area contributed by atoms with Gasteiger partial charge in [0.1, 0.15) is 0 Å². The zero-order valence-electron chi connectivity index (χ0n) is 18.6. The molecule has 2 amide bonds. The molecule has 176 valence electrons. The number of carbonyl (C=O) groups is 2. The first-order valence-corrected chi connectivity index (χ1v) is 13.1. The summed E-state index contributed by atoms with van der Waals surface area (Å²) in [6.07, 6.45) is 4.57. The highest BCUT2D eigenvalue weighted by Crippen LogP contribution is 2.27. The number of carbonyl (C=O) groups excluding carboxylic acids is 2. The van der Waals surface area contributed by atoms with Crippen LogP contribution in [0.3, 0.4) is 0 Å². The molecule has 33 heavy (non-hydrogen) atoms. The summed E-state index contributed by atoms with van der Waals surface area (Å²) in [6.45, 7) is 3.75. The normalized spacial score (nSPS) is 19.5. The van der Waals surface area contributed by atoms with Crippen LogP contribution in [-0.2, 0) is 10.0 Å². The number of hydrogen-bond donors (Lipinski definition) is 1. The van der Waals surface area contributed by atoms with Crippen LogP contribution >= 0.6 is 11.6 Å². The van der Waals surface area contributed by atoms with E-state index in [0.29, 0.717) is 35.9 Å². The third kappa shape index (κ3) is 5.08. The zero-order chi connectivity index (χ0) is 23.6. The van der Waals surface area contributed by atoms with Crippen LogP contribution in [-0.4, -0.2) is 55.1 Å². The van der Waals surface area contributed by atoms with Crippen molar-refractivity contribution in [3.8, 4) is 0 Å². The van der Waals surface area contributed by atoms with Crippen LogP contribution in [0.5, 0.6) is 0 Å². The summed E-state index contributed by atoms with van der Waals surface area (Å²) in [6, 6.07) is 10.7. The van der Waals surface area contributed by atoms with Gasteiger partial charge in [0.15, 0.2) is 0 Å². The maximum atomic E-state index is 13.2. The number of amides is 2. The Hall–Kier alpha value is -2.42. The molecule has 0 saturated carbocycles. The third-order valence-corrected chi connectivity index (χ3v) is 8.54. The zero-order valence-corrected chi connectivity index (χ0v) is 20.2. The molecule has 0 bridgehead atoms. The number of nitrogens with one attached hydrogen (secondary N) is 1. The largest absolute Gasteiger partial charge is 0.339 e. The van der Waals surface area contributed by atoms with Crippen molar-refractivity contribution >= 4 is 39.1 Å². The molecule has 0 aliphatic carbocycles. The summed E-state index contributed by atoms with van der Waals surface area (Å²) in [7, 11) is -3.71. The molecular formula is C24H28ClN3O4S. The highest BCUT2D eigenvalue weighted by Gasteiger charge is 2.31. The van der Waals surface area contributed by atoms with E-state index in [1.165, 1.54) is 16.4 Å². The molecule has 4 rings (SSSR count). The number of nitrogens with zero attached hydrogens (tertiary/aromatic N) is 2. The fraction of sp³-hybridized carbons (Fsp3) is 0.417. The van der Waals surface area contributed by atoms with Crippen LogP contribution in [0.4, 0.5) is 5.69 Å². The minimum atomic E-state index is -3.71. The smallest absolute Gasteiger partial charge is 0.255 e. The van der Waals surface area contributed by atoms with Crippen molar-refractivity contribution < 1.29 is 18.0 Å². The second-order valence-electron chi connectivity index (χ2n) is 8.63. The van der Waals surface area contributed by atoms with Gasteiger partial charge in [-0.2, -0.15) is 4.31 Å². The molecule has 2 fully saturated rings. The van der Waals surface area contributed by atoms with Crippen molar-refractivity contribution in [1.82, 2.24) is 9.21 Å². The average molecular weight is 490 g/mol. The lowest BCUT2D eigenvalue weighted by molar-refractivity contribution is 0.0794. The molecule has 1 N–H and O–H groups in total. The van der Waals surface area contributed by atoms with Crippen molar-refractivity contribution in [2.45, 2.75) is 50.0 Å². The highest BCUT2D eigenvalue weighted by molar-refractivity contribution is 7.89. The van der Waals surface area contributed by atoms with E-state index in [-0.39, 0.29) is 22.4 Å². The van der Waals surface area contributed by atoms with E-state index >= 15 is 0 Å². The van der Waals surface area contributed by atoms with Crippen molar-refractivity contribution in [1.29, 1.82) is 0 Å². The van der Waals surface area contributed by atoms with Crippen LogP contribution in [0.1, 0.15) is 59.7 Å². The lowest BCUT2D eigenvalue weighted by Crippen LogP contribution is -2.41. The second kappa shape index (κ2) is 9.83. The van der Waals surface area contributed by atoms with Crippen molar-refractivity contribution in [2.75, 3.05) is 25.0 Å². The van der Waals surface area contributed by atoms with Gasteiger partial charge in [-0.25, -0.2) is 8.42 Å². The fourth-order valence-corrected chi connectivity index (χ4v) is 6.37.